The van der Waals surface area contributed by atoms with E-state index < -0.39 is 10.0 Å². The van der Waals surface area contributed by atoms with Gasteiger partial charge in [0.05, 0.1) is 4.90 Å². The smallest absolute Gasteiger partial charge is 0.244 e. The van der Waals surface area contributed by atoms with E-state index >= 15 is 0 Å². The molecule has 1 aliphatic heterocycles. The number of hydrogen-bond donors (Lipinski definition) is 0. The average Bonchev–Trinajstić information content (AvgIpc) is 3.04. The second-order valence-electron chi connectivity index (χ2n) is 6.30. The van der Waals surface area contributed by atoms with Crippen LogP contribution in [-0.2, 0) is 16.6 Å². The van der Waals surface area contributed by atoms with Crippen molar-refractivity contribution in [1.82, 2.24) is 9.21 Å². The lowest BCUT2D eigenvalue weighted by molar-refractivity contribution is 0.285. The highest BCUT2D eigenvalue weighted by Crippen LogP contribution is 2.28. The first-order valence-corrected chi connectivity index (χ1v) is 10.8. The van der Waals surface area contributed by atoms with Crippen LogP contribution in [0.1, 0.15) is 18.9 Å². The van der Waals surface area contributed by atoms with Crippen molar-refractivity contribution >= 4 is 26.0 Å². The zero-order valence-electron chi connectivity index (χ0n) is 14.3. The molecule has 0 aromatic heterocycles. The van der Waals surface area contributed by atoms with Crippen LogP contribution in [0.15, 0.2) is 64.0 Å². The summed E-state index contributed by atoms with van der Waals surface area (Å²) < 4.78 is 28.5. The first-order chi connectivity index (χ1) is 12.0. The zero-order valence-corrected chi connectivity index (χ0v) is 16.7. The van der Waals surface area contributed by atoms with Gasteiger partial charge in [-0.25, -0.2) is 8.42 Å². The van der Waals surface area contributed by atoms with Crippen LogP contribution in [0.2, 0.25) is 0 Å². The van der Waals surface area contributed by atoms with E-state index in [0.717, 1.165) is 26.1 Å². The van der Waals surface area contributed by atoms with Gasteiger partial charge in [-0.05, 0) is 40.0 Å². The standard InChI is InChI=1S/C19H23BrN2O2S/c1-2-22(25(23,24)19-11-7-6-10-18(19)20)17-12-13-21(15-17)14-16-8-4-3-5-9-16/h3-11,17H,2,12-15H2,1H3. The molecule has 2 aromatic rings. The zero-order chi connectivity index (χ0) is 17.9. The first kappa shape index (κ1) is 18.6. The number of benzene rings is 2. The first-order valence-electron chi connectivity index (χ1n) is 8.55. The Kier molecular flexibility index (Phi) is 5.94. The highest BCUT2D eigenvalue weighted by atomic mass is 79.9. The minimum Gasteiger partial charge on any atom is -0.297 e. The lowest BCUT2D eigenvalue weighted by Gasteiger charge is -2.27. The fourth-order valence-electron chi connectivity index (χ4n) is 3.44. The summed E-state index contributed by atoms with van der Waals surface area (Å²) in [5.74, 6) is 0. The molecule has 134 valence electrons. The maximum Gasteiger partial charge on any atom is 0.244 e. The molecular formula is C19H23BrN2O2S. The van der Waals surface area contributed by atoms with Crippen LogP contribution >= 0.6 is 15.9 Å². The number of likely N-dealkylation sites (N-methyl/N-ethyl adjacent to an activating group) is 1. The molecule has 0 saturated carbocycles. The van der Waals surface area contributed by atoms with Crippen LogP contribution in [0.4, 0.5) is 0 Å². The van der Waals surface area contributed by atoms with Gasteiger partial charge < -0.3 is 0 Å². The van der Waals surface area contributed by atoms with Crippen LogP contribution in [0.25, 0.3) is 0 Å². The predicted molar refractivity (Wildman–Crippen MR) is 104 cm³/mol. The highest BCUT2D eigenvalue weighted by Gasteiger charge is 2.35. The van der Waals surface area contributed by atoms with Crippen molar-refractivity contribution in [3.05, 3.63) is 64.6 Å². The molecule has 1 saturated heterocycles. The third-order valence-electron chi connectivity index (χ3n) is 4.64. The fraction of sp³-hybridized carbons (Fsp3) is 0.368. The molecule has 0 bridgehead atoms. The molecule has 25 heavy (non-hydrogen) atoms. The summed E-state index contributed by atoms with van der Waals surface area (Å²) in [6, 6.07) is 17.4. The summed E-state index contributed by atoms with van der Waals surface area (Å²) in [5.41, 5.74) is 1.26. The molecule has 1 unspecified atom stereocenters. The molecule has 0 aliphatic carbocycles. The summed E-state index contributed by atoms with van der Waals surface area (Å²) in [4.78, 5) is 2.68. The van der Waals surface area contributed by atoms with Gasteiger partial charge in [-0.15, -0.1) is 0 Å². The van der Waals surface area contributed by atoms with Crippen molar-refractivity contribution in [3.8, 4) is 0 Å². The van der Waals surface area contributed by atoms with Gasteiger partial charge in [0, 0.05) is 36.7 Å². The molecule has 1 atom stereocenters. The third-order valence-corrected chi connectivity index (χ3v) is 7.68. The van der Waals surface area contributed by atoms with Crippen molar-refractivity contribution in [2.24, 2.45) is 0 Å². The molecule has 3 rings (SSSR count). The van der Waals surface area contributed by atoms with Crippen molar-refractivity contribution in [2.75, 3.05) is 19.6 Å². The molecule has 4 nitrogen and oxygen atoms in total. The molecule has 0 N–H and O–H groups in total. The second-order valence-corrected chi connectivity index (χ2v) is 9.02. The van der Waals surface area contributed by atoms with Crippen LogP contribution in [0.5, 0.6) is 0 Å². The third kappa shape index (κ3) is 4.14. The Balaban J connectivity index is 1.75. The molecule has 6 heteroatoms. The number of nitrogens with zero attached hydrogens (tertiary/aromatic N) is 2. The van der Waals surface area contributed by atoms with Gasteiger partial charge >= 0.3 is 0 Å². The SMILES string of the molecule is CCN(C1CCN(Cc2ccccc2)C1)S(=O)(=O)c1ccccc1Br. The van der Waals surface area contributed by atoms with Gasteiger partial charge in [0.25, 0.3) is 0 Å². The molecule has 2 aromatic carbocycles. The Morgan fingerprint density at radius 3 is 2.48 bits per heavy atom. The van der Waals surface area contributed by atoms with E-state index in [9.17, 15) is 8.42 Å². The number of likely N-dealkylation sites (tertiary alicyclic amines) is 1. The fourth-order valence-corrected chi connectivity index (χ4v) is 6.06. The van der Waals surface area contributed by atoms with E-state index in [1.54, 1.807) is 22.5 Å². The summed E-state index contributed by atoms with van der Waals surface area (Å²) in [7, 11) is -3.50. The average molecular weight is 423 g/mol. The molecular weight excluding hydrogens is 400 g/mol. The molecule has 1 aliphatic rings. The topological polar surface area (TPSA) is 40.6 Å². The van der Waals surface area contributed by atoms with Crippen molar-refractivity contribution in [1.29, 1.82) is 0 Å². The molecule has 0 amide bonds. The summed E-state index contributed by atoms with van der Waals surface area (Å²) in [6.45, 7) is 4.94. The van der Waals surface area contributed by atoms with Crippen LogP contribution in [0.3, 0.4) is 0 Å². The van der Waals surface area contributed by atoms with E-state index in [1.807, 2.05) is 31.2 Å². The van der Waals surface area contributed by atoms with Gasteiger partial charge in [0.15, 0.2) is 0 Å². The minimum absolute atomic E-state index is 0.0193. The minimum atomic E-state index is -3.50. The number of sulfonamides is 1. The summed E-state index contributed by atoms with van der Waals surface area (Å²) in [6.07, 6.45) is 0.865. The molecule has 1 heterocycles. The Morgan fingerprint density at radius 1 is 1.12 bits per heavy atom. The van der Waals surface area contributed by atoms with Gasteiger partial charge in [0.1, 0.15) is 0 Å². The van der Waals surface area contributed by atoms with E-state index in [4.69, 9.17) is 0 Å². The number of rotatable bonds is 6. The van der Waals surface area contributed by atoms with Crippen LogP contribution in [-0.4, -0.2) is 43.3 Å². The largest absolute Gasteiger partial charge is 0.297 e. The molecule has 0 radical (unpaired) electrons. The van der Waals surface area contributed by atoms with Gasteiger partial charge in [0.2, 0.25) is 10.0 Å². The second kappa shape index (κ2) is 7.99. The van der Waals surface area contributed by atoms with E-state index in [0.29, 0.717) is 15.9 Å². The summed E-state index contributed by atoms with van der Waals surface area (Å²) >= 11 is 3.38. The van der Waals surface area contributed by atoms with Gasteiger partial charge in [-0.1, -0.05) is 49.4 Å². The lowest BCUT2D eigenvalue weighted by atomic mass is 10.2. The highest BCUT2D eigenvalue weighted by molar-refractivity contribution is 9.10. The van der Waals surface area contributed by atoms with Crippen molar-refractivity contribution in [2.45, 2.75) is 30.8 Å². The van der Waals surface area contributed by atoms with Crippen molar-refractivity contribution in [3.63, 3.8) is 0 Å². The summed E-state index contributed by atoms with van der Waals surface area (Å²) in [5, 5.41) is 0. The molecule has 1 fully saturated rings. The lowest BCUT2D eigenvalue weighted by Crippen LogP contribution is -2.41. The Morgan fingerprint density at radius 2 is 1.80 bits per heavy atom. The van der Waals surface area contributed by atoms with Crippen LogP contribution < -0.4 is 0 Å². The van der Waals surface area contributed by atoms with Gasteiger partial charge in [-0.2, -0.15) is 4.31 Å². The van der Waals surface area contributed by atoms with Crippen molar-refractivity contribution < 1.29 is 8.42 Å². The quantitative estimate of drug-likeness (QED) is 0.711. The Bertz CT molecular complexity index is 811. The maximum atomic E-state index is 13.1. The number of halogens is 1. The number of hydrogen-bond acceptors (Lipinski definition) is 3. The molecule has 0 spiro atoms. The van der Waals surface area contributed by atoms with Gasteiger partial charge in [-0.3, -0.25) is 4.90 Å². The Hall–Kier alpha value is -1.21. The monoisotopic (exact) mass is 422 g/mol. The Labute approximate surface area is 158 Å². The van der Waals surface area contributed by atoms with E-state index in [-0.39, 0.29) is 6.04 Å². The normalized spacial score (nSPS) is 18.8. The van der Waals surface area contributed by atoms with E-state index in [2.05, 4.69) is 33.0 Å². The van der Waals surface area contributed by atoms with E-state index in [1.165, 1.54) is 5.56 Å². The maximum absolute atomic E-state index is 13.1. The predicted octanol–water partition coefficient (Wildman–Crippen LogP) is 3.73. The van der Waals surface area contributed by atoms with Crippen LogP contribution in [0, 0.1) is 0 Å².